The van der Waals surface area contributed by atoms with E-state index < -0.39 is 0 Å². The van der Waals surface area contributed by atoms with Crippen LogP contribution in [0.1, 0.15) is 5.56 Å². The summed E-state index contributed by atoms with van der Waals surface area (Å²) in [6.07, 6.45) is 0. The number of fused-ring (bicyclic) bond motifs is 1. The molecule has 0 spiro atoms. The summed E-state index contributed by atoms with van der Waals surface area (Å²) in [7, 11) is 1.83. The first-order valence-corrected chi connectivity index (χ1v) is 4.43. The first-order chi connectivity index (χ1) is 6.70. The van der Waals surface area contributed by atoms with Gasteiger partial charge in [0.1, 0.15) is 5.58 Å². The Morgan fingerprint density at radius 2 is 2.00 bits per heavy atom. The third-order valence-corrected chi connectivity index (χ3v) is 2.24. The summed E-state index contributed by atoms with van der Waals surface area (Å²) in [5, 5.41) is 3.97. The molecule has 0 unspecified atom stereocenters. The van der Waals surface area contributed by atoms with E-state index in [1.165, 1.54) is 6.07 Å². The summed E-state index contributed by atoms with van der Waals surface area (Å²) < 4.78 is 5.09. The van der Waals surface area contributed by atoms with E-state index in [-0.39, 0.29) is 18.0 Å². The SMILES string of the molecule is CNc1ccc2c(C)cc(=O)oc2c1.Cl. The van der Waals surface area contributed by atoms with E-state index in [1.807, 2.05) is 32.2 Å². The van der Waals surface area contributed by atoms with Crippen LogP contribution in [0.4, 0.5) is 5.69 Å². The van der Waals surface area contributed by atoms with Crippen molar-refractivity contribution in [1.29, 1.82) is 0 Å². The van der Waals surface area contributed by atoms with Gasteiger partial charge in [-0.25, -0.2) is 4.79 Å². The van der Waals surface area contributed by atoms with Gasteiger partial charge in [0.05, 0.1) is 0 Å². The number of nitrogens with one attached hydrogen (secondary N) is 1. The second-order valence-electron chi connectivity index (χ2n) is 3.21. The summed E-state index contributed by atoms with van der Waals surface area (Å²) >= 11 is 0. The number of halogens is 1. The molecule has 0 aliphatic carbocycles. The number of hydrogen-bond donors (Lipinski definition) is 1. The summed E-state index contributed by atoms with van der Waals surface area (Å²) in [6.45, 7) is 1.90. The van der Waals surface area contributed by atoms with Crippen LogP contribution in [0.2, 0.25) is 0 Å². The molecular weight excluding hydrogens is 214 g/mol. The van der Waals surface area contributed by atoms with E-state index in [0.717, 1.165) is 16.6 Å². The molecule has 0 fully saturated rings. The lowest BCUT2D eigenvalue weighted by Crippen LogP contribution is -1.98. The van der Waals surface area contributed by atoms with Crippen molar-refractivity contribution in [1.82, 2.24) is 0 Å². The van der Waals surface area contributed by atoms with Crippen LogP contribution in [0.25, 0.3) is 11.0 Å². The summed E-state index contributed by atoms with van der Waals surface area (Å²) in [4.78, 5) is 11.1. The Kier molecular flexibility index (Phi) is 3.37. The minimum Gasteiger partial charge on any atom is -0.423 e. The Bertz CT molecular complexity index is 534. The minimum absolute atomic E-state index is 0. The van der Waals surface area contributed by atoms with Crippen LogP contribution in [0.3, 0.4) is 0 Å². The average molecular weight is 226 g/mol. The van der Waals surface area contributed by atoms with Crippen LogP contribution in [-0.2, 0) is 0 Å². The van der Waals surface area contributed by atoms with Crippen molar-refractivity contribution in [3.05, 3.63) is 40.2 Å². The Morgan fingerprint density at radius 3 is 2.67 bits per heavy atom. The Hall–Kier alpha value is -1.48. The maximum absolute atomic E-state index is 11.1. The molecular formula is C11H12ClNO2. The Labute approximate surface area is 93.5 Å². The highest BCUT2D eigenvalue weighted by atomic mass is 35.5. The molecule has 2 aromatic rings. The number of rotatable bonds is 1. The molecule has 0 bridgehead atoms. The Balaban J connectivity index is 0.00000112. The summed E-state index contributed by atoms with van der Waals surface area (Å²) in [5.74, 6) is 0. The predicted octanol–water partition coefficient (Wildman–Crippen LogP) is 2.56. The van der Waals surface area contributed by atoms with E-state index in [9.17, 15) is 4.79 Å². The molecule has 3 nitrogen and oxygen atoms in total. The quantitative estimate of drug-likeness (QED) is 0.759. The van der Waals surface area contributed by atoms with Gasteiger partial charge in [0.25, 0.3) is 0 Å². The van der Waals surface area contributed by atoms with Crippen molar-refractivity contribution >= 4 is 29.1 Å². The molecule has 0 aliphatic heterocycles. The van der Waals surface area contributed by atoms with Crippen LogP contribution in [0, 0.1) is 6.92 Å². The number of aryl methyl sites for hydroxylation is 1. The van der Waals surface area contributed by atoms with E-state index in [4.69, 9.17) is 4.42 Å². The number of hydrogen-bond acceptors (Lipinski definition) is 3. The molecule has 1 aromatic carbocycles. The van der Waals surface area contributed by atoms with Gasteiger partial charge in [0.15, 0.2) is 0 Å². The smallest absolute Gasteiger partial charge is 0.336 e. The first-order valence-electron chi connectivity index (χ1n) is 4.43. The molecule has 0 saturated heterocycles. The Morgan fingerprint density at radius 1 is 1.27 bits per heavy atom. The maximum atomic E-state index is 11.1. The molecule has 1 N–H and O–H groups in total. The predicted molar refractivity (Wildman–Crippen MR) is 64.0 cm³/mol. The van der Waals surface area contributed by atoms with Gasteiger partial charge < -0.3 is 9.73 Å². The van der Waals surface area contributed by atoms with Crippen molar-refractivity contribution in [3.8, 4) is 0 Å². The molecule has 0 saturated carbocycles. The van der Waals surface area contributed by atoms with Crippen LogP contribution < -0.4 is 10.9 Å². The van der Waals surface area contributed by atoms with Crippen molar-refractivity contribution in [2.45, 2.75) is 6.92 Å². The molecule has 1 aromatic heterocycles. The fourth-order valence-corrected chi connectivity index (χ4v) is 1.48. The van der Waals surface area contributed by atoms with Crippen LogP contribution in [0.5, 0.6) is 0 Å². The van der Waals surface area contributed by atoms with Crippen molar-refractivity contribution in [3.63, 3.8) is 0 Å². The lowest BCUT2D eigenvalue weighted by molar-refractivity contribution is 0.560. The molecule has 0 radical (unpaired) electrons. The fraction of sp³-hybridized carbons (Fsp3) is 0.182. The third kappa shape index (κ3) is 2.13. The minimum atomic E-state index is -0.303. The van der Waals surface area contributed by atoms with Gasteiger partial charge in [-0.05, 0) is 24.6 Å². The first kappa shape index (κ1) is 11.6. The van der Waals surface area contributed by atoms with E-state index in [2.05, 4.69) is 5.32 Å². The largest absolute Gasteiger partial charge is 0.423 e. The highest BCUT2D eigenvalue weighted by molar-refractivity contribution is 5.85. The van der Waals surface area contributed by atoms with Crippen LogP contribution >= 0.6 is 12.4 Å². The van der Waals surface area contributed by atoms with Crippen LogP contribution in [0.15, 0.2) is 33.5 Å². The second kappa shape index (κ2) is 4.36. The fourth-order valence-electron chi connectivity index (χ4n) is 1.48. The zero-order valence-corrected chi connectivity index (χ0v) is 9.35. The highest BCUT2D eigenvalue weighted by Gasteiger charge is 2.01. The normalized spacial score (nSPS) is 9.73. The molecule has 0 aliphatic rings. The van der Waals surface area contributed by atoms with Crippen molar-refractivity contribution in [2.24, 2.45) is 0 Å². The molecule has 2 rings (SSSR count). The van der Waals surface area contributed by atoms with Gasteiger partial charge in [0, 0.05) is 30.3 Å². The van der Waals surface area contributed by atoms with Gasteiger partial charge in [-0.1, -0.05) is 0 Å². The second-order valence-corrected chi connectivity index (χ2v) is 3.21. The van der Waals surface area contributed by atoms with Crippen LogP contribution in [-0.4, -0.2) is 7.05 Å². The van der Waals surface area contributed by atoms with Crippen molar-refractivity contribution < 1.29 is 4.42 Å². The molecule has 4 heteroatoms. The lowest BCUT2D eigenvalue weighted by Gasteiger charge is -2.03. The van der Waals surface area contributed by atoms with E-state index in [0.29, 0.717) is 5.58 Å². The van der Waals surface area contributed by atoms with Gasteiger partial charge in [-0.15, -0.1) is 12.4 Å². The molecule has 80 valence electrons. The molecule has 0 atom stereocenters. The van der Waals surface area contributed by atoms with Gasteiger partial charge in [-0.2, -0.15) is 0 Å². The third-order valence-electron chi connectivity index (χ3n) is 2.24. The average Bonchev–Trinajstić information content (AvgIpc) is 2.16. The summed E-state index contributed by atoms with van der Waals surface area (Å²) in [6, 6.07) is 7.22. The monoisotopic (exact) mass is 225 g/mol. The maximum Gasteiger partial charge on any atom is 0.336 e. The molecule has 15 heavy (non-hydrogen) atoms. The van der Waals surface area contributed by atoms with E-state index >= 15 is 0 Å². The summed E-state index contributed by atoms with van der Waals surface area (Å²) in [5.41, 5.74) is 2.20. The topological polar surface area (TPSA) is 42.2 Å². The molecule has 1 heterocycles. The standard InChI is InChI=1S/C11H11NO2.ClH/c1-7-5-11(13)14-10-6-8(12-2)3-4-9(7)10;/h3-6,12H,1-2H3;1H. The zero-order chi connectivity index (χ0) is 10.1. The number of anilines is 1. The van der Waals surface area contributed by atoms with Gasteiger partial charge in [-0.3, -0.25) is 0 Å². The van der Waals surface area contributed by atoms with Gasteiger partial charge in [0.2, 0.25) is 0 Å². The molecule has 0 amide bonds. The zero-order valence-electron chi connectivity index (χ0n) is 8.53. The van der Waals surface area contributed by atoms with Gasteiger partial charge >= 0.3 is 5.63 Å². The number of benzene rings is 1. The lowest BCUT2D eigenvalue weighted by atomic mass is 10.1. The van der Waals surface area contributed by atoms with Crippen molar-refractivity contribution in [2.75, 3.05) is 12.4 Å². The highest BCUT2D eigenvalue weighted by Crippen LogP contribution is 2.19. The van der Waals surface area contributed by atoms with E-state index in [1.54, 1.807) is 0 Å².